The Hall–Kier alpha value is -7.56. The fraction of sp³-hybridized carbons (Fsp3) is 0. The van der Waals surface area contributed by atoms with E-state index in [0.717, 1.165) is 94.2 Å². The number of aromatic nitrogens is 2. The maximum Gasteiger partial charge on any atom is 0.160 e. The number of para-hydroxylation sites is 3. The third-order valence-electron chi connectivity index (χ3n) is 10.7. The van der Waals surface area contributed by atoms with Crippen LogP contribution in [0.3, 0.4) is 0 Å². The van der Waals surface area contributed by atoms with Crippen LogP contribution >= 0.6 is 0 Å². The third kappa shape index (κ3) is 5.47. The van der Waals surface area contributed by atoms with Crippen molar-refractivity contribution in [1.82, 2.24) is 9.97 Å². The molecule has 3 aromatic heterocycles. The second-order valence-corrected chi connectivity index (χ2v) is 14.1. The Bertz CT molecular complexity index is 3230. The Balaban J connectivity index is 0.991. The van der Waals surface area contributed by atoms with Crippen molar-refractivity contribution < 1.29 is 8.83 Å². The molecular weight excluding hydrogens is 685 g/mol. The minimum Gasteiger partial charge on any atom is -0.455 e. The van der Waals surface area contributed by atoms with Gasteiger partial charge >= 0.3 is 0 Å². The number of benzene rings is 8. The molecule has 0 atom stereocenters. The molecule has 0 saturated carbocycles. The van der Waals surface area contributed by atoms with Gasteiger partial charge in [-0.15, -0.1) is 0 Å². The van der Waals surface area contributed by atoms with Crippen LogP contribution in [0.5, 0.6) is 0 Å². The van der Waals surface area contributed by atoms with Gasteiger partial charge in [-0.3, -0.25) is 0 Å². The molecule has 0 radical (unpaired) electrons. The highest BCUT2D eigenvalue weighted by Gasteiger charge is 2.18. The molecule has 0 saturated heterocycles. The largest absolute Gasteiger partial charge is 0.455 e. The lowest BCUT2D eigenvalue weighted by atomic mass is 9.98. The van der Waals surface area contributed by atoms with E-state index >= 15 is 0 Å². The molecule has 8 aromatic carbocycles. The SMILES string of the molecule is c1ccc(-c2ccc(-c3cc(-c4cccc(-c5ccc6c(c5)oc5c(-c7cccc8c7oc7ccccc78)cccc56)c4)nc(-c4ccccc4)n3)cc2)cc1. The smallest absolute Gasteiger partial charge is 0.160 e. The summed E-state index contributed by atoms with van der Waals surface area (Å²) in [5.41, 5.74) is 14.7. The summed E-state index contributed by atoms with van der Waals surface area (Å²) >= 11 is 0. The number of nitrogens with zero attached hydrogens (tertiary/aromatic N) is 2. The van der Waals surface area contributed by atoms with Crippen molar-refractivity contribution in [3.8, 4) is 67.3 Å². The standard InChI is InChI=1S/C52H32N2O2/c1-3-12-33(13-4-1)34-24-26-35(27-25-34)46-32-47(54-52(53-46)36-14-5-2-6-15-36)39-17-9-16-37(30-39)38-28-29-41-43-20-11-22-45(51(43)56-49(41)31-38)44-21-10-19-42-40-18-7-8-23-48(40)55-50(42)44/h1-32H. The molecule has 0 N–H and O–H groups in total. The third-order valence-corrected chi connectivity index (χ3v) is 10.7. The molecule has 0 fully saturated rings. The number of rotatable bonds is 6. The van der Waals surface area contributed by atoms with E-state index < -0.39 is 0 Å². The Kier molecular flexibility index (Phi) is 7.46. The Labute approximate surface area is 323 Å². The van der Waals surface area contributed by atoms with Crippen molar-refractivity contribution in [3.05, 3.63) is 194 Å². The summed E-state index contributed by atoms with van der Waals surface area (Å²) in [5, 5.41) is 4.36. The van der Waals surface area contributed by atoms with E-state index in [-0.39, 0.29) is 0 Å². The van der Waals surface area contributed by atoms with Gasteiger partial charge in [0.25, 0.3) is 0 Å². The monoisotopic (exact) mass is 716 g/mol. The lowest BCUT2D eigenvalue weighted by Gasteiger charge is -2.11. The lowest BCUT2D eigenvalue weighted by Crippen LogP contribution is -1.96. The first kappa shape index (κ1) is 31.9. The van der Waals surface area contributed by atoms with E-state index in [1.54, 1.807) is 0 Å². The first-order valence-corrected chi connectivity index (χ1v) is 18.8. The van der Waals surface area contributed by atoms with Gasteiger partial charge in [0.2, 0.25) is 0 Å². The number of furan rings is 2. The molecule has 0 bridgehead atoms. The predicted octanol–water partition coefficient (Wildman–Crippen LogP) is 14.3. The normalized spacial score (nSPS) is 11.6. The van der Waals surface area contributed by atoms with Gasteiger partial charge < -0.3 is 8.83 Å². The van der Waals surface area contributed by atoms with Crippen molar-refractivity contribution in [1.29, 1.82) is 0 Å². The van der Waals surface area contributed by atoms with Gasteiger partial charge in [0.15, 0.2) is 5.82 Å². The number of hydrogen-bond acceptors (Lipinski definition) is 4. The average Bonchev–Trinajstić information content (AvgIpc) is 3.85. The van der Waals surface area contributed by atoms with Gasteiger partial charge in [0.1, 0.15) is 22.3 Å². The first-order chi connectivity index (χ1) is 27.7. The van der Waals surface area contributed by atoms with Crippen molar-refractivity contribution >= 4 is 43.9 Å². The zero-order valence-corrected chi connectivity index (χ0v) is 30.2. The maximum atomic E-state index is 6.74. The summed E-state index contributed by atoms with van der Waals surface area (Å²) in [6.07, 6.45) is 0. The van der Waals surface area contributed by atoms with Crippen LogP contribution < -0.4 is 0 Å². The second-order valence-electron chi connectivity index (χ2n) is 14.1. The van der Waals surface area contributed by atoms with Crippen LogP contribution in [-0.4, -0.2) is 9.97 Å². The second kappa shape index (κ2) is 13.1. The molecule has 56 heavy (non-hydrogen) atoms. The minimum absolute atomic E-state index is 0.688. The van der Waals surface area contributed by atoms with Crippen LogP contribution in [-0.2, 0) is 0 Å². The molecule has 11 rings (SSSR count). The van der Waals surface area contributed by atoms with Gasteiger partial charge in [-0.05, 0) is 52.6 Å². The van der Waals surface area contributed by atoms with Gasteiger partial charge in [-0.25, -0.2) is 9.97 Å². The quantitative estimate of drug-likeness (QED) is 0.172. The Morgan fingerprint density at radius 3 is 1.50 bits per heavy atom. The van der Waals surface area contributed by atoms with Crippen molar-refractivity contribution in [2.24, 2.45) is 0 Å². The Morgan fingerprint density at radius 2 is 0.768 bits per heavy atom. The fourth-order valence-corrected chi connectivity index (χ4v) is 7.93. The first-order valence-electron chi connectivity index (χ1n) is 18.8. The molecule has 4 heteroatoms. The van der Waals surface area contributed by atoms with Gasteiger partial charge in [-0.1, -0.05) is 164 Å². The predicted molar refractivity (Wildman–Crippen MR) is 229 cm³/mol. The van der Waals surface area contributed by atoms with Crippen LogP contribution in [0, 0.1) is 0 Å². The highest BCUT2D eigenvalue weighted by atomic mass is 16.3. The number of hydrogen-bond donors (Lipinski definition) is 0. The molecule has 0 aliphatic rings. The molecule has 262 valence electrons. The van der Waals surface area contributed by atoms with Crippen LogP contribution in [0.2, 0.25) is 0 Å². The molecule has 11 aromatic rings. The van der Waals surface area contributed by atoms with E-state index in [2.05, 4.69) is 158 Å². The highest BCUT2D eigenvalue weighted by molar-refractivity contribution is 6.15. The van der Waals surface area contributed by atoms with Crippen molar-refractivity contribution in [2.45, 2.75) is 0 Å². The fourth-order valence-electron chi connectivity index (χ4n) is 7.93. The van der Waals surface area contributed by atoms with Crippen LogP contribution in [0.4, 0.5) is 0 Å². The maximum absolute atomic E-state index is 6.74. The lowest BCUT2D eigenvalue weighted by molar-refractivity contribution is 0.665. The summed E-state index contributed by atoms with van der Waals surface area (Å²) < 4.78 is 13.2. The molecule has 0 spiro atoms. The van der Waals surface area contributed by atoms with Crippen molar-refractivity contribution in [2.75, 3.05) is 0 Å². The highest BCUT2D eigenvalue weighted by Crippen LogP contribution is 2.42. The van der Waals surface area contributed by atoms with E-state index in [9.17, 15) is 0 Å². The zero-order valence-electron chi connectivity index (χ0n) is 30.2. The summed E-state index contributed by atoms with van der Waals surface area (Å²) in [4.78, 5) is 10.2. The topological polar surface area (TPSA) is 52.1 Å². The molecule has 4 nitrogen and oxygen atoms in total. The van der Waals surface area contributed by atoms with Crippen molar-refractivity contribution in [3.63, 3.8) is 0 Å². The van der Waals surface area contributed by atoms with Crippen LogP contribution in [0.15, 0.2) is 203 Å². The van der Waals surface area contributed by atoms with Crippen LogP contribution in [0.25, 0.3) is 111 Å². The summed E-state index contributed by atoms with van der Waals surface area (Å²) in [5.74, 6) is 0.688. The summed E-state index contributed by atoms with van der Waals surface area (Å²) in [7, 11) is 0. The molecule has 0 unspecified atom stereocenters. The van der Waals surface area contributed by atoms with Gasteiger partial charge in [-0.2, -0.15) is 0 Å². The molecular formula is C52H32N2O2. The Morgan fingerprint density at radius 1 is 0.286 bits per heavy atom. The van der Waals surface area contributed by atoms with E-state index in [0.29, 0.717) is 5.82 Å². The molecule has 0 aliphatic heterocycles. The molecule has 3 heterocycles. The number of fused-ring (bicyclic) bond motifs is 6. The molecule has 0 aliphatic carbocycles. The van der Waals surface area contributed by atoms with E-state index in [1.165, 1.54) is 11.1 Å². The summed E-state index contributed by atoms with van der Waals surface area (Å²) in [6.45, 7) is 0. The van der Waals surface area contributed by atoms with E-state index in [4.69, 9.17) is 18.8 Å². The minimum atomic E-state index is 0.688. The average molecular weight is 717 g/mol. The van der Waals surface area contributed by atoms with Gasteiger partial charge in [0.05, 0.1) is 11.4 Å². The zero-order chi connectivity index (χ0) is 37.0. The van der Waals surface area contributed by atoms with Crippen LogP contribution in [0.1, 0.15) is 0 Å². The van der Waals surface area contributed by atoms with Gasteiger partial charge in [0, 0.05) is 49.4 Å². The van der Waals surface area contributed by atoms with E-state index in [1.807, 2.05) is 36.4 Å². The summed E-state index contributed by atoms with van der Waals surface area (Å²) in [6, 6.07) is 67.3. The molecule has 0 amide bonds.